The minimum atomic E-state index is -0.0322. The van der Waals surface area contributed by atoms with Crippen molar-refractivity contribution in [2.45, 2.75) is 12.8 Å². The maximum absolute atomic E-state index is 11.6. The van der Waals surface area contributed by atoms with Crippen molar-refractivity contribution in [2.24, 2.45) is 0 Å². The number of allylic oxidation sites excluding steroid dienone is 2. The highest BCUT2D eigenvalue weighted by Crippen LogP contribution is 2.15. The average Bonchev–Trinajstić information content (AvgIpc) is 2.25. The summed E-state index contributed by atoms with van der Waals surface area (Å²) in [6.45, 7) is 0. The lowest BCUT2D eigenvalue weighted by atomic mass is 10.1. The molecule has 0 aliphatic rings. The first-order valence-electron chi connectivity index (χ1n) is 4.77. The second kappa shape index (κ2) is 6.81. The van der Waals surface area contributed by atoms with Gasteiger partial charge in [-0.1, -0.05) is 45.7 Å². The van der Waals surface area contributed by atoms with Crippen LogP contribution in [0.4, 0.5) is 0 Å². The quantitative estimate of drug-likeness (QED) is 0.342. The van der Waals surface area contributed by atoms with Crippen LogP contribution in [0.1, 0.15) is 23.2 Å². The Morgan fingerprint density at radius 1 is 1.40 bits per heavy atom. The standard InChI is InChI=1S/C12H12BrClO/c13-9-5-1-2-8-12(15)10-6-3-4-7-11(10)14/h2-4,6-8H,1,5,9H2/b8-2+. The molecule has 1 aromatic carbocycles. The van der Waals surface area contributed by atoms with Crippen LogP contribution in [-0.4, -0.2) is 11.1 Å². The van der Waals surface area contributed by atoms with Crippen molar-refractivity contribution in [3.63, 3.8) is 0 Å². The van der Waals surface area contributed by atoms with E-state index in [1.54, 1.807) is 18.2 Å². The Morgan fingerprint density at radius 3 is 2.80 bits per heavy atom. The van der Waals surface area contributed by atoms with E-state index in [9.17, 15) is 4.79 Å². The van der Waals surface area contributed by atoms with Gasteiger partial charge in [-0.25, -0.2) is 0 Å². The Labute approximate surface area is 103 Å². The molecule has 0 aromatic heterocycles. The average molecular weight is 288 g/mol. The van der Waals surface area contributed by atoms with Gasteiger partial charge in [-0.3, -0.25) is 4.79 Å². The van der Waals surface area contributed by atoms with E-state index in [2.05, 4.69) is 15.9 Å². The second-order valence-corrected chi connectivity index (χ2v) is 4.28. The van der Waals surface area contributed by atoms with E-state index in [-0.39, 0.29) is 5.78 Å². The summed E-state index contributed by atoms with van der Waals surface area (Å²) in [5, 5.41) is 1.46. The first kappa shape index (κ1) is 12.5. The maximum Gasteiger partial charge on any atom is 0.187 e. The van der Waals surface area contributed by atoms with Gasteiger partial charge < -0.3 is 0 Å². The third-order valence-electron chi connectivity index (χ3n) is 1.91. The lowest BCUT2D eigenvalue weighted by Crippen LogP contribution is -1.94. The van der Waals surface area contributed by atoms with E-state index in [1.807, 2.05) is 18.2 Å². The Bertz CT molecular complexity index is 360. The number of carbonyl (C=O) groups is 1. The van der Waals surface area contributed by atoms with E-state index >= 15 is 0 Å². The Kier molecular flexibility index (Phi) is 5.66. The summed E-state index contributed by atoms with van der Waals surface area (Å²) in [5.74, 6) is -0.0322. The van der Waals surface area contributed by atoms with Crippen LogP contribution < -0.4 is 0 Å². The lowest BCUT2D eigenvalue weighted by molar-refractivity contribution is 0.104. The lowest BCUT2D eigenvalue weighted by Gasteiger charge is -1.97. The first-order valence-corrected chi connectivity index (χ1v) is 6.27. The van der Waals surface area contributed by atoms with Crippen molar-refractivity contribution in [3.8, 4) is 0 Å². The number of hydrogen-bond acceptors (Lipinski definition) is 1. The number of alkyl halides is 1. The fraction of sp³-hybridized carbons (Fsp3) is 0.250. The zero-order valence-corrected chi connectivity index (χ0v) is 10.6. The number of halogens is 2. The highest BCUT2D eigenvalue weighted by atomic mass is 79.9. The predicted octanol–water partition coefficient (Wildman–Crippen LogP) is 4.25. The second-order valence-electron chi connectivity index (χ2n) is 3.08. The summed E-state index contributed by atoms with van der Waals surface area (Å²) in [4.78, 5) is 11.6. The Balaban J connectivity index is 2.61. The zero-order valence-electron chi connectivity index (χ0n) is 8.25. The SMILES string of the molecule is O=C(/C=C/CCCBr)c1ccccc1Cl. The van der Waals surface area contributed by atoms with Crippen molar-refractivity contribution < 1.29 is 4.79 Å². The topological polar surface area (TPSA) is 17.1 Å². The van der Waals surface area contributed by atoms with Crippen molar-refractivity contribution in [1.29, 1.82) is 0 Å². The molecule has 0 N–H and O–H groups in total. The van der Waals surface area contributed by atoms with Crippen molar-refractivity contribution in [1.82, 2.24) is 0 Å². The number of unbranched alkanes of at least 4 members (excludes halogenated alkanes) is 1. The number of carbonyl (C=O) groups excluding carboxylic acids is 1. The molecule has 0 unspecified atom stereocenters. The molecule has 80 valence electrons. The molecule has 0 heterocycles. The van der Waals surface area contributed by atoms with Gasteiger partial charge in [0.2, 0.25) is 0 Å². The minimum absolute atomic E-state index is 0.0322. The monoisotopic (exact) mass is 286 g/mol. The molecule has 0 bridgehead atoms. The van der Waals surface area contributed by atoms with Gasteiger partial charge in [0.05, 0.1) is 5.02 Å². The summed E-state index contributed by atoms with van der Waals surface area (Å²) in [7, 11) is 0. The molecular weight excluding hydrogens is 275 g/mol. The molecule has 1 rings (SSSR count). The summed E-state index contributed by atoms with van der Waals surface area (Å²) >= 11 is 9.23. The Hall–Kier alpha value is -0.600. The fourth-order valence-electron chi connectivity index (χ4n) is 1.14. The summed E-state index contributed by atoms with van der Waals surface area (Å²) in [6.07, 6.45) is 5.41. The van der Waals surface area contributed by atoms with Crippen LogP contribution in [-0.2, 0) is 0 Å². The van der Waals surface area contributed by atoms with Crippen LogP contribution >= 0.6 is 27.5 Å². The summed E-state index contributed by atoms with van der Waals surface area (Å²) < 4.78 is 0. The number of ketones is 1. The van der Waals surface area contributed by atoms with Gasteiger partial charge >= 0.3 is 0 Å². The van der Waals surface area contributed by atoms with Crippen molar-refractivity contribution in [3.05, 3.63) is 47.0 Å². The van der Waals surface area contributed by atoms with Crippen molar-refractivity contribution >= 4 is 33.3 Å². The Morgan fingerprint density at radius 2 is 2.13 bits per heavy atom. The normalized spacial score (nSPS) is 10.8. The molecule has 0 radical (unpaired) electrons. The van der Waals surface area contributed by atoms with E-state index in [0.29, 0.717) is 10.6 Å². The van der Waals surface area contributed by atoms with Crippen LogP contribution in [0.25, 0.3) is 0 Å². The van der Waals surface area contributed by atoms with Gasteiger partial charge in [-0.2, -0.15) is 0 Å². The molecule has 0 amide bonds. The third kappa shape index (κ3) is 4.18. The van der Waals surface area contributed by atoms with Gasteiger partial charge in [0, 0.05) is 10.9 Å². The van der Waals surface area contributed by atoms with E-state index in [4.69, 9.17) is 11.6 Å². The molecular formula is C12H12BrClO. The maximum atomic E-state index is 11.6. The van der Waals surface area contributed by atoms with E-state index in [0.717, 1.165) is 18.2 Å². The zero-order chi connectivity index (χ0) is 11.1. The fourth-order valence-corrected chi connectivity index (χ4v) is 1.69. The molecule has 1 nitrogen and oxygen atoms in total. The van der Waals surface area contributed by atoms with Crippen molar-refractivity contribution in [2.75, 3.05) is 5.33 Å². The molecule has 1 aromatic rings. The smallest absolute Gasteiger partial charge is 0.187 e. The van der Waals surface area contributed by atoms with E-state index < -0.39 is 0 Å². The minimum Gasteiger partial charge on any atom is -0.289 e. The number of rotatable bonds is 5. The van der Waals surface area contributed by atoms with Gasteiger partial charge in [0.1, 0.15) is 0 Å². The molecule has 0 atom stereocenters. The molecule has 0 aliphatic carbocycles. The van der Waals surface area contributed by atoms with Gasteiger partial charge in [0.15, 0.2) is 5.78 Å². The summed E-state index contributed by atoms with van der Waals surface area (Å²) in [5.41, 5.74) is 0.564. The van der Waals surface area contributed by atoms with E-state index in [1.165, 1.54) is 0 Å². The van der Waals surface area contributed by atoms with Crippen LogP contribution in [0.2, 0.25) is 5.02 Å². The first-order chi connectivity index (χ1) is 7.25. The van der Waals surface area contributed by atoms with Gasteiger partial charge in [0.25, 0.3) is 0 Å². The molecule has 15 heavy (non-hydrogen) atoms. The van der Waals surface area contributed by atoms with Crippen LogP contribution in [0.15, 0.2) is 36.4 Å². The summed E-state index contributed by atoms with van der Waals surface area (Å²) in [6, 6.07) is 7.08. The van der Waals surface area contributed by atoms with Crippen LogP contribution in [0, 0.1) is 0 Å². The molecule has 3 heteroatoms. The largest absolute Gasteiger partial charge is 0.289 e. The molecule has 0 saturated carbocycles. The molecule has 0 aliphatic heterocycles. The van der Waals surface area contributed by atoms with Crippen LogP contribution in [0.3, 0.4) is 0 Å². The highest BCUT2D eigenvalue weighted by Gasteiger charge is 2.04. The van der Waals surface area contributed by atoms with Gasteiger partial charge in [-0.05, 0) is 31.1 Å². The molecule has 0 fully saturated rings. The number of hydrogen-bond donors (Lipinski definition) is 0. The number of benzene rings is 1. The third-order valence-corrected chi connectivity index (χ3v) is 2.80. The van der Waals surface area contributed by atoms with Gasteiger partial charge in [-0.15, -0.1) is 0 Å². The van der Waals surface area contributed by atoms with Crippen LogP contribution in [0.5, 0.6) is 0 Å². The highest BCUT2D eigenvalue weighted by molar-refractivity contribution is 9.09. The predicted molar refractivity (Wildman–Crippen MR) is 68.0 cm³/mol. The molecule has 0 spiro atoms. The molecule has 0 saturated heterocycles.